The molecule has 5 rings (SSSR count). The van der Waals surface area contributed by atoms with Crippen molar-refractivity contribution in [1.29, 1.82) is 0 Å². The highest BCUT2D eigenvalue weighted by Crippen LogP contribution is 2.39. The molecule has 0 bridgehead atoms. The molecular weight excluding hydrogens is 464 g/mol. The molecule has 1 atom stereocenters. The number of anilines is 1. The first-order valence-corrected chi connectivity index (χ1v) is 12.7. The number of nitrogens with one attached hydrogen (secondary N) is 1. The van der Waals surface area contributed by atoms with E-state index in [0.717, 1.165) is 16.9 Å². The molecule has 0 unspecified atom stereocenters. The van der Waals surface area contributed by atoms with Gasteiger partial charge in [-0.25, -0.2) is 8.42 Å². The van der Waals surface area contributed by atoms with Crippen molar-refractivity contribution in [3.63, 3.8) is 0 Å². The number of carbonyl (C=O) groups excluding carboxylic acids is 1. The van der Waals surface area contributed by atoms with Crippen LogP contribution in [0, 0.1) is 13.8 Å². The maximum absolute atomic E-state index is 13.4. The molecule has 11 heteroatoms. The Kier molecular flexibility index (Phi) is 5.55. The molecular formula is C22H22N4O5S2. The number of benzene rings is 2. The molecule has 9 nitrogen and oxygen atoms in total. The van der Waals surface area contributed by atoms with E-state index in [-0.39, 0.29) is 11.8 Å². The molecule has 3 heterocycles. The van der Waals surface area contributed by atoms with Crippen LogP contribution in [-0.4, -0.2) is 42.2 Å². The number of aromatic nitrogens is 2. The second-order valence-electron chi connectivity index (χ2n) is 8.01. The zero-order valence-corrected chi connectivity index (χ0v) is 19.7. The number of fused-ring (bicyclic) bond motifs is 1. The Bertz CT molecular complexity index is 1340. The number of hydrogen-bond donors (Lipinski definition) is 1. The Morgan fingerprint density at radius 1 is 1.12 bits per heavy atom. The van der Waals surface area contributed by atoms with E-state index in [2.05, 4.69) is 15.5 Å². The lowest BCUT2D eigenvalue weighted by atomic mass is 10.2. The summed E-state index contributed by atoms with van der Waals surface area (Å²) >= 11 is 1.11. The van der Waals surface area contributed by atoms with E-state index in [1.807, 2.05) is 19.1 Å². The summed E-state index contributed by atoms with van der Waals surface area (Å²) in [7, 11) is -3.71. The van der Waals surface area contributed by atoms with Gasteiger partial charge in [-0.05, 0) is 56.0 Å². The third-order valence-electron chi connectivity index (χ3n) is 5.68. The molecule has 1 fully saturated rings. The first kappa shape index (κ1) is 21.8. The number of ether oxygens (including phenoxy) is 2. The van der Waals surface area contributed by atoms with Gasteiger partial charge in [0, 0.05) is 18.3 Å². The van der Waals surface area contributed by atoms with Gasteiger partial charge in [0.2, 0.25) is 21.8 Å². The molecule has 2 aliphatic heterocycles. The van der Waals surface area contributed by atoms with E-state index in [4.69, 9.17) is 9.47 Å². The highest BCUT2D eigenvalue weighted by atomic mass is 32.2. The van der Waals surface area contributed by atoms with Crippen LogP contribution in [0.1, 0.15) is 44.8 Å². The van der Waals surface area contributed by atoms with E-state index in [1.54, 1.807) is 31.2 Å². The summed E-state index contributed by atoms with van der Waals surface area (Å²) in [6.07, 6.45) is 1.34. The summed E-state index contributed by atoms with van der Waals surface area (Å²) in [5.41, 5.74) is 2.13. The SMILES string of the molecule is Cc1ccc(C)c(S(=O)(=O)N2CCC[C@@H]2c2nnc(C(=O)Nc3ccc4c(c3)OCO4)s2)c1. The maximum atomic E-state index is 13.4. The van der Waals surface area contributed by atoms with Crippen LogP contribution in [0.5, 0.6) is 11.5 Å². The lowest BCUT2D eigenvalue weighted by Crippen LogP contribution is -2.31. The molecule has 1 saturated heterocycles. The minimum atomic E-state index is -3.71. The molecule has 0 saturated carbocycles. The van der Waals surface area contributed by atoms with Crippen molar-refractivity contribution in [3.05, 3.63) is 57.5 Å². The summed E-state index contributed by atoms with van der Waals surface area (Å²) in [6, 6.07) is 10.1. The van der Waals surface area contributed by atoms with E-state index < -0.39 is 22.0 Å². The van der Waals surface area contributed by atoms with Crippen LogP contribution in [-0.2, 0) is 10.0 Å². The Balaban J connectivity index is 1.36. The fraction of sp³-hybridized carbons (Fsp3) is 0.318. The van der Waals surface area contributed by atoms with Crippen LogP contribution in [0.2, 0.25) is 0 Å². The number of hydrogen-bond acceptors (Lipinski definition) is 8. The molecule has 3 aromatic rings. The van der Waals surface area contributed by atoms with Crippen molar-refractivity contribution in [2.24, 2.45) is 0 Å². The lowest BCUT2D eigenvalue weighted by Gasteiger charge is -2.23. The topological polar surface area (TPSA) is 111 Å². The summed E-state index contributed by atoms with van der Waals surface area (Å²) in [5, 5.41) is 11.7. The molecule has 0 spiro atoms. The van der Waals surface area contributed by atoms with Crippen LogP contribution in [0.3, 0.4) is 0 Å². The van der Waals surface area contributed by atoms with Crippen molar-refractivity contribution in [2.75, 3.05) is 18.7 Å². The van der Waals surface area contributed by atoms with Crippen molar-refractivity contribution < 1.29 is 22.7 Å². The van der Waals surface area contributed by atoms with Gasteiger partial charge in [0.15, 0.2) is 11.5 Å². The van der Waals surface area contributed by atoms with Gasteiger partial charge in [0.25, 0.3) is 5.91 Å². The Hall–Kier alpha value is -3.02. The minimum Gasteiger partial charge on any atom is -0.454 e. The number of aryl methyl sites for hydroxylation is 2. The number of amides is 1. The lowest BCUT2D eigenvalue weighted by molar-refractivity contribution is 0.102. The third kappa shape index (κ3) is 4.07. The smallest absolute Gasteiger partial charge is 0.286 e. The zero-order valence-electron chi connectivity index (χ0n) is 18.1. The van der Waals surface area contributed by atoms with Crippen molar-refractivity contribution in [2.45, 2.75) is 37.6 Å². The van der Waals surface area contributed by atoms with Gasteiger partial charge in [-0.1, -0.05) is 23.5 Å². The standard InChI is InChI=1S/C22H22N4O5S2/c1-13-5-6-14(2)19(10-13)33(28,29)26-9-3-4-16(26)21-24-25-22(32-21)20(27)23-15-7-8-17-18(11-15)31-12-30-17/h5-8,10-11,16H,3-4,9,12H2,1-2H3,(H,23,27)/t16-/m1/s1. The van der Waals surface area contributed by atoms with Crippen LogP contribution in [0.4, 0.5) is 5.69 Å². The van der Waals surface area contributed by atoms with Gasteiger partial charge in [0.1, 0.15) is 5.01 Å². The van der Waals surface area contributed by atoms with E-state index in [9.17, 15) is 13.2 Å². The van der Waals surface area contributed by atoms with E-state index >= 15 is 0 Å². The molecule has 2 aromatic carbocycles. The molecule has 1 N–H and O–H groups in total. The van der Waals surface area contributed by atoms with Gasteiger partial charge < -0.3 is 14.8 Å². The van der Waals surface area contributed by atoms with E-state index in [1.165, 1.54) is 4.31 Å². The van der Waals surface area contributed by atoms with Gasteiger partial charge in [-0.2, -0.15) is 4.31 Å². The van der Waals surface area contributed by atoms with Gasteiger partial charge in [-0.3, -0.25) is 4.79 Å². The van der Waals surface area contributed by atoms with Gasteiger partial charge >= 0.3 is 0 Å². The first-order chi connectivity index (χ1) is 15.8. The predicted molar refractivity (Wildman–Crippen MR) is 122 cm³/mol. The Morgan fingerprint density at radius 2 is 1.94 bits per heavy atom. The quantitative estimate of drug-likeness (QED) is 0.586. The van der Waals surface area contributed by atoms with Crippen molar-refractivity contribution in [3.8, 4) is 11.5 Å². The summed E-state index contributed by atoms with van der Waals surface area (Å²) in [4.78, 5) is 13.0. The Morgan fingerprint density at radius 3 is 2.79 bits per heavy atom. The third-order valence-corrected chi connectivity index (χ3v) is 8.76. The molecule has 0 aliphatic carbocycles. The van der Waals surface area contributed by atoms with Crippen LogP contribution >= 0.6 is 11.3 Å². The van der Waals surface area contributed by atoms with Crippen LogP contribution < -0.4 is 14.8 Å². The number of rotatable bonds is 5. The summed E-state index contributed by atoms with van der Waals surface area (Å²) < 4.78 is 39.0. The summed E-state index contributed by atoms with van der Waals surface area (Å²) in [5.74, 6) is 0.765. The average Bonchev–Trinajstić information content (AvgIpc) is 3.54. The van der Waals surface area contributed by atoms with E-state index in [0.29, 0.717) is 52.0 Å². The zero-order chi connectivity index (χ0) is 23.2. The normalized spacial score (nSPS) is 17.9. The fourth-order valence-corrected chi connectivity index (χ4v) is 6.93. The Labute approximate surface area is 195 Å². The molecule has 1 amide bonds. The first-order valence-electron chi connectivity index (χ1n) is 10.5. The number of carbonyl (C=O) groups is 1. The molecule has 33 heavy (non-hydrogen) atoms. The number of nitrogens with zero attached hydrogens (tertiary/aromatic N) is 3. The molecule has 172 valence electrons. The second-order valence-corrected chi connectivity index (χ2v) is 10.9. The monoisotopic (exact) mass is 486 g/mol. The molecule has 0 radical (unpaired) electrons. The van der Waals surface area contributed by atoms with Gasteiger partial charge in [-0.15, -0.1) is 10.2 Å². The van der Waals surface area contributed by atoms with Crippen LogP contribution in [0.25, 0.3) is 0 Å². The maximum Gasteiger partial charge on any atom is 0.286 e. The van der Waals surface area contributed by atoms with Crippen molar-refractivity contribution in [1.82, 2.24) is 14.5 Å². The molecule has 1 aromatic heterocycles. The predicted octanol–water partition coefficient (Wildman–Crippen LogP) is 3.66. The van der Waals surface area contributed by atoms with Crippen molar-refractivity contribution >= 4 is 33.0 Å². The second kappa shape index (κ2) is 8.40. The highest BCUT2D eigenvalue weighted by molar-refractivity contribution is 7.89. The largest absolute Gasteiger partial charge is 0.454 e. The van der Waals surface area contributed by atoms with Gasteiger partial charge in [0.05, 0.1) is 10.9 Å². The fourth-order valence-electron chi connectivity index (χ4n) is 4.01. The molecule has 2 aliphatic rings. The highest BCUT2D eigenvalue weighted by Gasteiger charge is 2.39. The minimum absolute atomic E-state index is 0.148. The average molecular weight is 487 g/mol. The summed E-state index contributed by atoms with van der Waals surface area (Å²) in [6.45, 7) is 4.21. The number of sulfonamides is 1. The van der Waals surface area contributed by atoms with Crippen LogP contribution in [0.15, 0.2) is 41.3 Å².